The van der Waals surface area contributed by atoms with Gasteiger partial charge in [0.25, 0.3) is 0 Å². The molecule has 0 aromatic rings. The first-order chi connectivity index (χ1) is 39.5. The molecule has 0 radical (unpaired) electrons. The summed E-state index contributed by atoms with van der Waals surface area (Å²) < 4.78 is 5.51. The van der Waals surface area contributed by atoms with Crippen LogP contribution in [0.3, 0.4) is 0 Å². The highest BCUT2D eigenvalue weighted by atomic mass is 16.5. The van der Waals surface area contributed by atoms with E-state index in [-0.39, 0.29) is 18.5 Å². The number of unbranched alkanes of at least 4 members (excludes halogenated alkanes) is 51. The summed E-state index contributed by atoms with van der Waals surface area (Å²) in [4.78, 5) is 24.6. The number of hydrogen-bond donors (Lipinski definition) is 3. The number of carbonyl (C=O) groups excluding carboxylic acids is 2. The van der Waals surface area contributed by atoms with Crippen LogP contribution in [-0.4, -0.2) is 47.4 Å². The fraction of sp³-hybridized carbons (Fsp3) is 0.892. The molecular formula is C74H141NO5. The molecular weight excluding hydrogens is 983 g/mol. The summed E-state index contributed by atoms with van der Waals surface area (Å²) in [5.41, 5.74) is 0. The SMILES string of the molecule is CCCCC/C=C\C/C=C\CCCCCCCCCCCC(=O)OCCCCCCCCCCCCCC/C=C\CCCCCCCCCCCCCCC(=O)NC(CO)C(O)CCCCCCCCCCCCCCCCCC. The number of esters is 1. The van der Waals surface area contributed by atoms with E-state index in [0.717, 1.165) is 51.4 Å². The molecule has 2 atom stereocenters. The van der Waals surface area contributed by atoms with E-state index in [1.807, 2.05) is 0 Å². The Morgan fingerprint density at radius 1 is 0.350 bits per heavy atom. The lowest BCUT2D eigenvalue weighted by Crippen LogP contribution is -2.45. The highest BCUT2D eigenvalue weighted by molar-refractivity contribution is 5.76. The zero-order chi connectivity index (χ0) is 57.8. The van der Waals surface area contributed by atoms with Crippen molar-refractivity contribution >= 4 is 11.9 Å². The lowest BCUT2D eigenvalue weighted by molar-refractivity contribution is -0.143. The fourth-order valence-electron chi connectivity index (χ4n) is 11.4. The third-order valence-electron chi connectivity index (χ3n) is 16.9. The van der Waals surface area contributed by atoms with Crippen LogP contribution in [0.5, 0.6) is 0 Å². The molecule has 0 saturated heterocycles. The van der Waals surface area contributed by atoms with Crippen LogP contribution in [0, 0.1) is 0 Å². The number of carbonyl (C=O) groups is 2. The van der Waals surface area contributed by atoms with Crippen LogP contribution in [-0.2, 0) is 14.3 Å². The molecule has 0 aliphatic rings. The largest absolute Gasteiger partial charge is 0.466 e. The molecule has 1 amide bonds. The number of ether oxygens (including phenoxy) is 1. The average Bonchev–Trinajstić information content (AvgIpc) is 3.46. The van der Waals surface area contributed by atoms with Crippen LogP contribution in [0.1, 0.15) is 399 Å². The van der Waals surface area contributed by atoms with Crippen molar-refractivity contribution in [3.63, 3.8) is 0 Å². The molecule has 6 nitrogen and oxygen atoms in total. The van der Waals surface area contributed by atoms with Gasteiger partial charge in [0.15, 0.2) is 0 Å². The van der Waals surface area contributed by atoms with E-state index in [0.29, 0.717) is 25.9 Å². The first-order valence-electron chi connectivity index (χ1n) is 36.2. The minimum Gasteiger partial charge on any atom is -0.466 e. The number of aliphatic hydroxyl groups is 2. The summed E-state index contributed by atoms with van der Waals surface area (Å²) in [6.07, 6.45) is 89.1. The lowest BCUT2D eigenvalue weighted by Gasteiger charge is -2.22. The quantitative estimate of drug-likeness (QED) is 0.0320. The van der Waals surface area contributed by atoms with Crippen molar-refractivity contribution in [2.45, 2.75) is 411 Å². The van der Waals surface area contributed by atoms with E-state index in [1.54, 1.807) is 0 Å². The molecule has 0 spiro atoms. The molecule has 0 heterocycles. The Bertz CT molecular complexity index is 1300. The topological polar surface area (TPSA) is 95.9 Å². The average molecular weight is 1120 g/mol. The second-order valence-corrected chi connectivity index (χ2v) is 24.9. The van der Waals surface area contributed by atoms with Gasteiger partial charge in [0.1, 0.15) is 0 Å². The molecule has 0 saturated carbocycles. The van der Waals surface area contributed by atoms with Crippen molar-refractivity contribution in [3.05, 3.63) is 36.5 Å². The second-order valence-electron chi connectivity index (χ2n) is 24.9. The summed E-state index contributed by atoms with van der Waals surface area (Å²) in [5, 5.41) is 23.4. The van der Waals surface area contributed by atoms with Crippen molar-refractivity contribution in [1.29, 1.82) is 0 Å². The molecule has 0 aliphatic heterocycles. The number of rotatable bonds is 68. The van der Waals surface area contributed by atoms with Gasteiger partial charge >= 0.3 is 5.97 Å². The molecule has 472 valence electrons. The third kappa shape index (κ3) is 65.2. The van der Waals surface area contributed by atoms with E-state index in [1.165, 1.54) is 315 Å². The van der Waals surface area contributed by atoms with Gasteiger partial charge in [0.2, 0.25) is 5.91 Å². The van der Waals surface area contributed by atoms with Crippen LogP contribution < -0.4 is 5.32 Å². The number of nitrogens with one attached hydrogen (secondary N) is 1. The first-order valence-corrected chi connectivity index (χ1v) is 36.2. The van der Waals surface area contributed by atoms with Gasteiger partial charge in [-0.2, -0.15) is 0 Å². The van der Waals surface area contributed by atoms with Gasteiger partial charge in [0.05, 0.1) is 25.4 Å². The molecule has 0 fully saturated rings. The van der Waals surface area contributed by atoms with Crippen molar-refractivity contribution in [2.24, 2.45) is 0 Å². The smallest absolute Gasteiger partial charge is 0.305 e. The minimum absolute atomic E-state index is 0.0126. The Morgan fingerprint density at radius 3 is 0.988 bits per heavy atom. The van der Waals surface area contributed by atoms with Crippen LogP contribution in [0.2, 0.25) is 0 Å². The van der Waals surface area contributed by atoms with Gasteiger partial charge in [-0.15, -0.1) is 0 Å². The molecule has 0 aromatic carbocycles. The molecule has 0 bridgehead atoms. The minimum atomic E-state index is -0.664. The third-order valence-corrected chi connectivity index (χ3v) is 16.9. The van der Waals surface area contributed by atoms with E-state index in [9.17, 15) is 19.8 Å². The molecule has 80 heavy (non-hydrogen) atoms. The van der Waals surface area contributed by atoms with Crippen LogP contribution in [0.25, 0.3) is 0 Å². The molecule has 6 heteroatoms. The van der Waals surface area contributed by atoms with Crippen LogP contribution >= 0.6 is 0 Å². The summed E-state index contributed by atoms with van der Waals surface area (Å²) in [5.74, 6) is -0.0194. The number of hydrogen-bond acceptors (Lipinski definition) is 5. The number of amides is 1. The highest BCUT2D eigenvalue weighted by Gasteiger charge is 2.20. The molecule has 0 aromatic heterocycles. The second kappa shape index (κ2) is 69.6. The predicted molar refractivity (Wildman–Crippen MR) is 352 cm³/mol. The van der Waals surface area contributed by atoms with Crippen LogP contribution in [0.15, 0.2) is 36.5 Å². The van der Waals surface area contributed by atoms with Gasteiger partial charge in [-0.1, -0.05) is 339 Å². The maximum atomic E-state index is 12.5. The van der Waals surface area contributed by atoms with Crippen molar-refractivity contribution in [1.82, 2.24) is 5.32 Å². The summed E-state index contributed by atoms with van der Waals surface area (Å²) in [6.45, 7) is 4.96. The standard InChI is InChI=1S/C74H141NO5/c1-3-5-7-9-11-13-15-17-19-21-32-36-40-44-48-52-56-60-64-68-74(79)80-69-65-61-57-53-49-45-41-37-34-31-29-27-25-23-22-24-26-28-30-33-35-39-43-47-51-55-59-63-67-73(78)75-71(70-76)72(77)66-62-58-54-50-46-42-38-20-18-16-14-12-10-8-6-4-2/h11,13,17,19,22-23,71-72,76-77H,3-10,12,14-16,18,20-21,24-70H2,1-2H3,(H,75,78)/b13-11-,19-17-,23-22-. The zero-order valence-electron chi connectivity index (χ0n) is 54.1. The summed E-state index contributed by atoms with van der Waals surface area (Å²) in [6, 6.07) is -0.542. The Balaban J connectivity index is 3.36. The van der Waals surface area contributed by atoms with E-state index in [4.69, 9.17) is 4.74 Å². The van der Waals surface area contributed by atoms with Gasteiger partial charge in [-0.25, -0.2) is 0 Å². The Hall–Kier alpha value is -1.92. The monoisotopic (exact) mass is 1120 g/mol. The first kappa shape index (κ1) is 78.1. The summed E-state index contributed by atoms with van der Waals surface area (Å²) >= 11 is 0. The normalized spacial score (nSPS) is 12.7. The molecule has 0 aliphatic carbocycles. The van der Waals surface area contributed by atoms with E-state index in [2.05, 4.69) is 55.6 Å². The zero-order valence-corrected chi connectivity index (χ0v) is 54.1. The predicted octanol–water partition coefficient (Wildman–Crippen LogP) is 23.5. The van der Waals surface area contributed by atoms with Crippen molar-refractivity contribution < 1.29 is 24.5 Å². The Labute approximate surface area is 500 Å². The van der Waals surface area contributed by atoms with Gasteiger partial charge in [0, 0.05) is 12.8 Å². The van der Waals surface area contributed by atoms with Crippen molar-refractivity contribution in [3.8, 4) is 0 Å². The fourth-order valence-corrected chi connectivity index (χ4v) is 11.4. The highest BCUT2D eigenvalue weighted by Crippen LogP contribution is 2.19. The van der Waals surface area contributed by atoms with E-state index >= 15 is 0 Å². The number of aliphatic hydroxyl groups excluding tert-OH is 2. The van der Waals surface area contributed by atoms with E-state index < -0.39 is 12.1 Å². The maximum absolute atomic E-state index is 12.5. The lowest BCUT2D eigenvalue weighted by atomic mass is 10.0. The summed E-state index contributed by atoms with van der Waals surface area (Å²) in [7, 11) is 0. The van der Waals surface area contributed by atoms with Gasteiger partial charge in [-0.3, -0.25) is 9.59 Å². The molecule has 2 unspecified atom stereocenters. The van der Waals surface area contributed by atoms with Crippen LogP contribution in [0.4, 0.5) is 0 Å². The Morgan fingerprint density at radius 2 is 0.625 bits per heavy atom. The molecule has 3 N–H and O–H groups in total. The number of allylic oxidation sites excluding steroid dienone is 6. The van der Waals surface area contributed by atoms with Gasteiger partial charge < -0.3 is 20.3 Å². The van der Waals surface area contributed by atoms with Crippen molar-refractivity contribution in [2.75, 3.05) is 13.2 Å². The molecule has 0 rings (SSSR count). The Kier molecular flexibility index (Phi) is 67.9. The van der Waals surface area contributed by atoms with Gasteiger partial charge in [-0.05, 0) is 83.5 Å². The maximum Gasteiger partial charge on any atom is 0.305 e.